The summed E-state index contributed by atoms with van der Waals surface area (Å²) in [6.07, 6.45) is 6.02. The zero-order chi connectivity index (χ0) is 28.3. The number of rotatable bonds is 6. The molecule has 0 radical (unpaired) electrons. The first kappa shape index (κ1) is 31.5. The number of nitrogens with zero attached hydrogens (tertiary/aromatic N) is 5. The minimum Gasteiger partial charge on any atom is -0.338 e. The van der Waals surface area contributed by atoms with E-state index in [1.54, 1.807) is 35.9 Å². The summed E-state index contributed by atoms with van der Waals surface area (Å²) >= 11 is 0. The second kappa shape index (κ2) is 13.1. The summed E-state index contributed by atoms with van der Waals surface area (Å²) in [7, 11) is 2.16. The van der Waals surface area contributed by atoms with Gasteiger partial charge in [0.25, 0.3) is 0 Å². The van der Waals surface area contributed by atoms with E-state index < -0.39 is 11.2 Å². The molecule has 1 saturated heterocycles. The molecule has 3 amide bonds. The monoisotopic (exact) mass is 574 g/mol. The predicted molar refractivity (Wildman–Crippen MR) is 159 cm³/mol. The number of piperazine rings is 1. The van der Waals surface area contributed by atoms with Crippen LogP contribution in [0.15, 0.2) is 35.3 Å². The number of urea groups is 1. The molecule has 1 aliphatic heterocycles. The van der Waals surface area contributed by atoms with Gasteiger partial charge in [0.1, 0.15) is 5.82 Å². The Morgan fingerprint density at radius 3 is 2.27 bits per heavy atom. The maximum Gasteiger partial charge on any atom is 0.354 e. The largest absolute Gasteiger partial charge is 0.354 e. The van der Waals surface area contributed by atoms with Gasteiger partial charge in [-0.15, -0.1) is 12.4 Å². The van der Waals surface area contributed by atoms with Gasteiger partial charge in [0.2, 0.25) is 5.91 Å². The van der Waals surface area contributed by atoms with Gasteiger partial charge in [-0.2, -0.15) is 4.98 Å². The first-order valence-corrected chi connectivity index (χ1v) is 13.7. The first-order valence-electron chi connectivity index (χ1n) is 13.7. The van der Waals surface area contributed by atoms with Crippen LogP contribution in [-0.2, 0) is 11.3 Å². The van der Waals surface area contributed by atoms with Gasteiger partial charge in [-0.05, 0) is 82.8 Å². The Bertz CT molecular complexity index is 1240. The summed E-state index contributed by atoms with van der Waals surface area (Å²) < 4.78 is 1.47. The van der Waals surface area contributed by atoms with E-state index in [-0.39, 0.29) is 30.2 Å². The van der Waals surface area contributed by atoms with E-state index in [2.05, 4.69) is 35.2 Å². The molecule has 1 aromatic heterocycles. The second-order valence-corrected chi connectivity index (χ2v) is 11.5. The van der Waals surface area contributed by atoms with Crippen molar-refractivity contribution in [1.82, 2.24) is 24.3 Å². The number of hydrogen-bond acceptors (Lipinski definition) is 7. The Hall–Kier alpha value is -2.99. The van der Waals surface area contributed by atoms with Crippen molar-refractivity contribution in [2.24, 2.45) is 11.5 Å². The SMILES string of the molecule is Cc1cc(-n2ccc(NC(=O)N3CCN(C(=O)C(C)(C)N)CC3)nc2=O)ccc1CN(C)C1CCC(N)CC1.Cl. The molecule has 2 fully saturated rings. The number of carbonyl (C=O) groups excluding carboxylic acids is 2. The number of amides is 3. The molecule has 1 aromatic carbocycles. The summed E-state index contributed by atoms with van der Waals surface area (Å²) in [5.74, 6) is 0.0440. The van der Waals surface area contributed by atoms with Crippen LogP contribution in [-0.4, -0.2) is 87.0 Å². The highest BCUT2D eigenvalue weighted by atomic mass is 35.5. The molecule has 220 valence electrons. The Balaban J connectivity index is 0.00000441. The Morgan fingerprint density at radius 1 is 1.07 bits per heavy atom. The van der Waals surface area contributed by atoms with Crippen LogP contribution in [0, 0.1) is 6.92 Å². The van der Waals surface area contributed by atoms with Crippen LogP contribution < -0.4 is 22.5 Å². The molecule has 4 rings (SSSR count). The number of hydrogen-bond donors (Lipinski definition) is 3. The van der Waals surface area contributed by atoms with Gasteiger partial charge in [0.05, 0.1) is 11.2 Å². The lowest BCUT2D eigenvalue weighted by Gasteiger charge is -2.37. The van der Waals surface area contributed by atoms with Crippen molar-refractivity contribution in [1.29, 1.82) is 0 Å². The molecular weight excluding hydrogens is 532 g/mol. The van der Waals surface area contributed by atoms with Crippen LogP contribution >= 0.6 is 12.4 Å². The molecule has 0 unspecified atom stereocenters. The number of halogens is 1. The molecule has 0 spiro atoms. The smallest absolute Gasteiger partial charge is 0.338 e. The van der Waals surface area contributed by atoms with Gasteiger partial charge >= 0.3 is 11.7 Å². The lowest BCUT2D eigenvalue weighted by Crippen LogP contribution is -2.58. The Kier molecular flexibility index (Phi) is 10.3. The summed E-state index contributed by atoms with van der Waals surface area (Å²) in [6.45, 7) is 7.80. The molecule has 2 aliphatic rings. The number of aromatic nitrogens is 2. The maximum absolute atomic E-state index is 12.8. The highest BCUT2D eigenvalue weighted by Crippen LogP contribution is 2.24. The number of nitrogens with one attached hydrogen (secondary N) is 1. The van der Waals surface area contributed by atoms with Gasteiger partial charge in [0, 0.05) is 51.0 Å². The fourth-order valence-electron chi connectivity index (χ4n) is 5.33. The molecular formula is C28H43ClN8O3. The quantitative estimate of drug-likeness (QED) is 0.479. The zero-order valence-electron chi connectivity index (χ0n) is 23.9. The van der Waals surface area contributed by atoms with Crippen LogP contribution in [0.5, 0.6) is 0 Å². The van der Waals surface area contributed by atoms with Crippen molar-refractivity contribution in [3.63, 3.8) is 0 Å². The molecule has 2 aromatic rings. The lowest BCUT2D eigenvalue weighted by atomic mass is 9.90. The summed E-state index contributed by atoms with van der Waals surface area (Å²) in [4.78, 5) is 47.7. The highest BCUT2D eigenvalue weighted by molar-refractivity contribution is 5.89. The average Bonchev–Trinajstić information content (AvgIpc) is 2.89. The van der Waals surface area contributed by atoms with Crippen molar-refractivity contribution in [2.75, 3.05) is 38.5 Å². The van der Waals surface area contributed by atoms with E-state index in [1.165, 1.54) is 10.1 Å². The number of benzene rings is 1. The second-order valence-electron chi connectivity index (χ2n) is 11.5. The molecule has 5 N–H and O–H groups in total. The molecule has 12 heteroatoms. The van der Waals surface area contributed by atoms with Crippen LogP contribution in [0.25, 0.3) is 5.69 Å². The van der Waals surface area contributed by atoms with E-state index in [1.807, 2.05) is 12.1 Å². The van der Waals surface area contributed by atoms with Gasteiger partial charge in [-0.1, -0.05) is 6.07 Å². The first-order chi connectivity index (χ1) is 18.4. The van der Waals surface area contributed by atoms with Gasteiger partial charge in [0.15, 0.2) is 0 Å². The maximum atomic E-state index is 12.8. The normalized spacial score (nSPS) is 19.8. The fourth-order valence-corrected chi connectivity index (χ4v) is 5.33. The van der Waals surface area contributed by atoms with Crippen molar-refractivity contribution in [3.8, 4) is 5.69 Å². The third-order valence-electron chi connectivity index (χ3n) is 7.83. The van der Waals surface area contributed by atoms with Gasteiger partial charge in [-0.25, -0.2) is 9.59 Å². The van der Waals surface area contributed by atoms with Crippen LogP contribution in [0.4, 0.5) is 10.6 Å². The van der Waals surface area contributed by atoms with Crippen molar-refractivity contribution in [3.05, 3.63) is 52.1 Å². The Labute approximate surface area is 242 Å². The zero-order valence-corrected chi connectivity index (χ0v) is 24.7. The van der Waals surface area contributed by atoms with Crippen molar-refractivity contribution < 1.29 is 9.59 Å². The van der Waals surface area contributed by atoms with E-state index in [9.17, 15) is 14.4 Å². The fraction of sp³-hybridized carbons (Fsp3) is 0.571. The molecule has 1 aliphatic carbocycles. The van der Waals surface area contributed by atoms with Crippen molar-refractivity contribution >= 4 is 30.2 Å². The molecule has 40 heavy (non-hydrogen) atoms. The third kappa shape index (κ3) is 7.60. The number of aryl methyl sites for hydroxylation is 1. The van der Waals surface area contributed by atoms with Crippen LogP contribution in [0.2, 0.25) is 0 Å². The van der Waals surface area contributed by atoms with Crippen LogP contribution in [0.3, 0.4) is 0 Å². The summed E-state index contributed by atoms with van der Waals surface area (Å²) in [5.41, 5.74) is 13.6. The standard InChI is InChI=1S/C28H42N8O3.ClH/c1-19-17-23(8-5-20(19)18-33(4)22-9-6-21(29)7-10-22)36-12-11-24(32-27(36)39)31-26(38)35-15-13-34(14-16-35)25(37)28(2,3)30;/h5,8,11-12,17,21-22H,6-7,9-10,13-16,18,29-30H2,1-4H3,(H,31,32,38,39);1H. The molecule has 0 bridgehead atoms. The van der Waals surface area contributed by atoms with E-state index in [4.69, 9.17) is 11.5 Å². The minimum absolute atomic E-state index is 0. The topological polar surface area (TPSA) is 143 Å². The van der Waals surface area contributed by atoms with Crippen molar-refractivity contribution in [2.45, 2.75) is 70.6 Å². The number of carbonyl (C=O) groups is 2. The predicted octanol–water partition coefficient (Wildman–Crippen LogP) is 2.08. The molecule has 0 atom stereocenters. The Morgan fingerprint density at radius 2 is 1.70 bits per heavy atom. The van der Waals surface area contributed by atoms with E-state index in [0.717, 1.165) is 43.5 Å². The van der Waals surface area contributed by atoms with E-state index >= 15 is 0 Å². The van der Waals surface area contributed by atoms with Gasteiger partial charge < -0.3 is 21.3 Å². The molecule has 1 saturated carbocycles. The lowest BCUT2D eigenvalue weighted by molar-refractivity contribution is -0.137. The number of nitrogens with two attached hydrogens (primary N) is 2. The van der Waals surface area contributed by atoms with E-state index in [0.29, 0.717) is 38.3 Å². The highest BCUT2D eigenvalue weighted by Gasteiger charge is 2.31. The molecule has 2 heterocycles. The number of anilines is 1. The van der Waals surface area contributed by atoms with Crippen LogP contribution in [0.1, 0.15) is 50.7 Å². The molecule has 11 nitrogen and oxygen atoms in total. The summed E-state index contributed by atoms with van der Waals surface area (Å²) in [5, 5.41) is 2.70. The average molecular weight is 575 g/mol. The van der Waals surface area contributed by atoms with Gasteiger partial charge in [-0.3, -0.25) is 19.6 Å². The minimum atomic E-state index is -0.947. The summed E-state index contributed by atoms with van der Waals surface area (Å²) in [6, 6.07) is 8.11. The third-order valence-corrected chi connectivity index (χ3v) is 7.83.